The molecule has 0 aromatic heterocycles. The van der Waals surface area contributed by atoms with Crippen molar-refractivity contribution in [2.75, 3.05) is 11.5 Å². The topological polar surface area (TPSA) is 38.3 Å². The summed E-state index contributed by atoms with van der Waals surface area (Å²) in [6, 6.07) is 9.47. The third-order valence-corrected chi connectivity index (χ3v) is 2.86. The van der Waals surface area contributed by atoms with Gasteiger partial charge >= 0.3 is 6.09 Å². The number of thiol groups is 2. The largest absolute Gasteiger partial charge is 0.445 e. The highest BCUT2D eigenvalue weighted by molar-refractivity contribution is 7.81. The Morgan fingerprint density at radius 3 is 2.44 bits per heavy atom. The Morgan fingerprint density at radius 2 is 1.88 bits per heavy atom. The Bertz CT molecular complexity index is 315. The van der Waals surface area contributed by atoms with Gasteiger partial charge in [0.2, 0.25) is 0 Å². The molecule has 1 amide bonds. The standard InChI is InChI=1S/C11H15NO2S2/c13-11(12-10(7-15)8-16)14-6-9-4-2-1-3-5-9/h1-5,10,15-16H,6-8H2,(H,12,13). The van der Waals surface area contributed by atoms with Crippen molar-refractivity contribution in [3.8, 4) is 0 Å². The van der Waals surface area contributed by atoms with Crippen LogP contribution in [0.4, 0.5) is 4.79 Å². The molecule has 0 heterocycles. The van der Waals surface area contributed by atoms with Crippen LogP contribution in [0.3, 0.4) is 0 Å². The van der Waals surface area contributed by atoms with Gasteiger partial charge in [-0.15, -0.1) is 0 Å². The molecule has 3 nitrogen and oxygen atoms in total. The normalized spacial score (nSPS) is 10.2. The summed E-state index contributed by atoms with van der Waals surface area (Å²) in [5, 5.41) is 2.67. The van der Waals surface area contributed by atoms with E-state index >= 15 is 0 Å². The summed E-state index contributed by atoms with van der Waals surface area (Å²) in [5.41, 5.74) is 0.964. The first-order chi connectivity index (χ1) is 7.76. The fraction of sp³-hybridized carbons (Fsp3) is 0.364. The lowest BCUT2D eigenvalue weighted by Crippen LogP contribution is -2.37. The lowest BCUT2D eigenvalue weighted by atomic mass is 10.2. The van der Waals surface area contributed by atoms with Gasteiger partial charge < -0.3 is 10.1 Å². The number of ether oxygens (including phenoxy) is 1. The Kier molecular flexibility index (Phi) is 6.18. The summed E-state index contributed by atoms with van der Waals surface area (Å²) in [6.07, 6.45) is -0.433. The SMILES string of the molecule is O=C(NC(CS)CS)OCc1ccccc1. The number of hydrogen-bond donors (Lipinski definition) is 3. The van der Waals surface area contributed by atoms with E-state index in [0.717, 1.165) is 5.56 Å². The number of carbonyl (C=O) groups is 1. The predicted octanol–water partition coefficient (Wildman–Crippen LogP) is 2.14. The zero-order chi connectivity index (χ0) is 11.8. The van der Waals surface area contributed by atoms with Crippen LogP contribution in [0.25, 0.3) is 0 Å². The molecule has 0 aliphatic carbocycles. The van der Waals surface area contributed by atoms with Crippen LogP contribution < -0.4 is 5.32 Å². The lowest BCUT2D eigenvalue weighted by molar-refractivity contribution is 0.137. The van der Waals surface area contributed by atoms with Gasteiger partial charge in [-0.25, -0.2) is 4.79 Å². The van der Waals surface area contributed by atoms with E-state index in [4.69, 9.17) is 4.74 Å². The van der Waals surface area contributed by atoms with Crippen LogP contribution in [-0.2, 0) is 11.3 Å². The minimum Gasteiger partial charge on any atom is -0.445 e. The van der Waals surface area contributed by atoms with Crippen LogP contribution in [0.5, 0.6) is 0 Å². The van der Waals surface area contributed by atoms with Gasteiger partial charge in [-0.3, -0.25) is 0 Å². The zero-order valence-electron chi connectivity index (χ0n) is 8.80. The van der Waals surface area contributed by atoms with E-state index in [9.17, 15) is 4.79 Å². The molecule has 0 aliphatic rings. The molecule has 0 unspecified atom stereocenters. The molecule has 0 spiro atoms. The van der Waals surface area contributed by atoms with Crippen LogP contribution in [0.2, 0.25) is 0 Å². The third kappa shape index (κ3) is 4.81. The van der Waals surface area contributed by atoms with Crippen LogP contribution in [0, 0.1) is 0 Å². The number of carbonyl (C=O) groups excluding carboxylic acids is 1. The summed E-state index contributed by atoms with van der Waals surface area (Å²) in [6.45, 7) is 0.276. The van der Waals surface area contributed by atoms with Crippen molar-refractivity contribution in [2.24, 2.45) is 0 Å². The maximum atomic E-state index is 11.3. The molecule has 0 saturated heterocycles. The molecule has 0 aliphatic heterocycles. The number of amides is 1. The van der Waals surface area contributed by atoms with Crippen LogP contribution in [0.1, 0.15) is 5.56 Å². The highest BCUT2D eigenvalue weighted by atomic mass is 32.1. The molecular formula is C11H15NO2S2. The summed E-state index contributed by atoms with van der Waals surface area (Å²) >= 11 is 8.18. The summed E-state index contributed by atoms with van der Waals surface area (Å²) in [5.74, 6) is 1.09. The summed E-state index contributed by atoms with van der Waals surface area (Å²) in [4.78, 5) is 11.3. The molecule has 1 N–H and O–H groups in total. The zero-order valence-corrected chi connectivity index (χ0v) is 10.6. The molecule has 0 atom stereocenters. The molecule has 1 aromatic carbocycles. The van der Waals surface area contributed by atoms with Gasteiger partial charge in [0.15, 0.2) is 0 Å². The average molecular weight is 257 g/mol. The predicted molar refractivity (Wildman–Crippen MR) is 71.3 cm³/mol. The van der Waals surface area contributed by atoms with Crippen LogP contribution in [0.15, 0.2) is 30.3 Å². The molecule has 1 rings (SSSR count). The van der Waals surface area contributed by atoms with E-state index in [2.05, 4.69) is 30.6 Å². The molecule has 1 aromatic rings. The van der Waals surface area contributed by atoms with Crippen molar-refractivity contribution >= 4 is 31.4 Å². The Morgan fingerprint density at radius 1 is 1.25 bits per heavy atom. The Balaban J connectivity index is 2.30. The lowest BCUT2D eigenvalue weighted by Gasteiger charge is -2.13. The number of benzene rings is 1. The van der Waals surface area contributed by atoms with Gasteiger partial charge in [-0.05, 0) is 5.56 Å². The molecule has 88 valence electrons. The summed E-state index contributed by atoms with van der Waals surface area (Å²) < 4.78 is 5.04. The van der Waals surface area contributed by atoms with Crippen molar-refractivity contribution < 1.29 is 9.53 Å². The van der Waals surface area contributed by atoms with E-state index in [-0.39, 0.29) is 12.6 Å². The van der Waals surface area contributed by atoms with Gasteiger partial charge in [0.1, 0.15) is 6.61 Å². The first-order valence-corrected chi connectivity index (χ1v) is 6.21. The first-order valence-electron chi connectivity index (χ1n) is 4.95. The van der Waals surface area contributed by atoms with E-state index in [1.165, 1.54) is 0 Å². The maximum absolute atomic E-state index is 11.3. The first kappa shape index (κ1) is 13.3. The van der Waals surface area contributed by atoms with Gasteiger partial charge in [-0.2, -0.15) is 25.3 Å². The average Bonchev–Trinajstić information content (AvgIpc) is 2.34. The second-order valence-electron chi connectivity index (χ2n) is 3.27. The van der Waals surface area contributed by atoms with Gasteiger partial charge in [0, 0.05) is 17.5 Å². The van der Waals surface area contributed by atoms with Crippen molar-refractivity contribution in [1.29, 1.82) is 0 Å². The molecular weight excluding hydrogens is 242 g/mol. The second-order valence-corrected chi connectivity index (χ2v) is 4.00. The molecule has 16 heavy (non-hydrogen) atoms. The Labute approximate surface area is 106 Å². The number of nitrogens with one attached hydrogen (secondary N) is 1. The minimum atomic E-state index is -0.433. The summed E-state index contributed by atoms with van der Waals surface area (Å²) in [7, 11) is 0. The van der Waals surface area contributed by atoms with E-state index in [1.807, 2.05) is 30.3 Å². The number of rotatable bonds is 5. The van der Waals surface area contributed by atoms with Crippen molar-refractivity contribution in [1.82, 2.24) is 5.32 Å². The molecule has 0 saturated carbocycles. The fourth-order valence-corrected chi connectivity index (χ4v) is 1.72. The molecule has 5 heteroatoms. The van der Waals surface area contributed by atoms with Crippen molar-refractivity contribution in [3.63, 3.8) is 0 Å². The van der Waals surface area contributed by atoms with Gasteiger partial charge in [0.25, 0.3) is 0 Å². The highest BCUT2D eigenvalue weighted by Crippen LogP contribution is 2.01. The van der Waals surface area contributed by atoms with E-state index in [1.54, 1.807) is 0 Å². The van der Waals surface area contributed by atoms with Crippen molar-refractivity contribution in [3.05, 3.63) is 35.9 Å². The van der Waals surface area contributed by atoms with E-state index < -0.39 is 6.09 Å². The van der Waals surface area contributed by atoms with E-state index in [0.29, 0.717) is 11.5 Å². The van der Waals surface area contributed by atoms with Gasteiger partial charge in [-0.1, -0.05) is 30.3 Å². The van der Waals surface area contributed by atoms with Crippen molar-refractivity contribution in [2.45, 2.75) is 12.6 Å². The third-order valence-electron chi connectivity index (χ3n) is 1.98. The molecule has 0 bridgehead atoms. The molecule has 0 fully saturated rings. The smallest absolute Gasteiger partial charge is 0.407 e. The number of alkyl carbamates (subject to hydrolysis) is 1. The monoisotopic (exact) mass is 257 g/mol. The minimum absolute atomic E-state index is 0.0602. The van der Waals surface area contributed by atoms with Crippen LogP contribution >= 0.6 is 25.3 Å². The second kappa shape index (κ2) is 7.46. The molecule has 0 radical (unpaired) electrons. The number of hydrogen-bond acceptors (Lipinski definition) is 4. The maximum Gasteiger partial charge on any atom is 0.407 e. The van der Waals surface area contributed by atoms with Gasteiger partial charge in [0.05, 0.1) is 0 Å². The quantitative estimate of drug-likeness (QED) is 0.707. The Hall–Kier alpha value is -0.810. The fourth-order valence-electron chi connectivity index (χ4n) is 1.08. The van der Waals surface area contributed by atoms with Crippen LogP contribution in [-0.4, -0.2) is 23.6 Å². The highest BCUT2D eigenvalue weighted by Gasteiger charge is 2.09.